The molecule has 7 atom stereocenters. The number of fused-ring (bicyclic) bond motifs is 5. The highest BCUT2D eigenvalue weighted by atomic mass is 35.5. The number of aliphatic hydroxyl groups is 1. The summed E-state index contributed by atoms with van der Waals surface area (Å²) >= 11 is 6.72. The number of amides is 2. The molecule has 3 aliphatic heterocycles. The highest BCUT2D eigenvalue weighted by molar-refractivity contribution is 6.35. The molecule has 1 saturated carbocycles. The van der Waals surface area contributed by atoms with Gasteiger partial charge in [0.1, 0.15) is 40.2 Å². The molecule has 4 aliphatic rings. The predicted molar refractivity (Wildman–Crippen MR) is 170 cm³/mol. The maximum atomic E-state index is 13.9. The van der Waals surface area contributed by atoms with Gasteiger partial charge < -0.3 is 39.0 Å². The maximum absolute atomic E-state index is 13.9. The number of carbonyl (C=O) groups is 3. The second-order valence-corrected chi connectivity index (χ2v) is 13.4. The van der Waals surface area contributed by atoms with E-state index in [0.717, 1.165) is 11.1 Å². The number of alkyl carbamates (subject to hydrolysis) is 1. The number of allylic oxidation sites excluding steroid dienone is 3. The van der Waals surface area contributed by atoms with Gasteiger partial charge in [0.05, 0.1) is 25.3 Å². The Bertz CT molecular complexity index is 1450. The number of epoxide rings is 1. The Balaban J connectivity index is 1.56. The first-order chi connectivity index (χ1) is 21.7. The summed E-state index contributed by atoms with van der Waals surface area (Å²) in [4.78, 5) is 41.5. The Morgan fingerprint density at radius 3 is 2.59 bits per heavy atom. The second kappa shape index (κ2) is 12.8. The van der Waals surface area contributed by atoms with E-state index in [1.807, 2.05) is 32.1 Å². The first kappa shape index (κ1) is 34.2. The molecule has 2 saturated heterocycles. The molecule has 5 rings (SSSR count). The summed E-state index contributed by atoms with van der Waals surface area (Å²) in [6.45, 7) is 5.56. The van der Waals surface area contributed by atoms with Crippen LogP contribution in [-0.4, -0.2) is 92.7 Å². The first-order valence-corrected chi connectivity index (χ1v) is 15.9. The zero-order valence-electron chi connectivity index (χ0n) is 27.3. The Kier molecular flexibility index (Phi) is 9.51. The number of ether oxygens (including phenoxy) is 5. The van der Waals surface area contributed by atoms with Crippen molar-refractivity contribution in [2.75, 3.05) is 33.2 Å². The molecule has 12 nitrogen and oxygen atoms in total. The number of nitrogens with one attached hydrogen (secondary N) is 2. The van der Waals surface area contributed by atoms with Gasteiger partial charge in [-0.1, -0.05) is 42.3 Å². The number of benzene rings is 1. The molecule has 3 heterocycles. The van der Waals surface area contributed by atoms with Gasteiger partial charge in [0.15, 0.2) is 5.72 Å². The van der Waals surface area contributed by atoms with Crippen molar-refractivity contribution in [3.63, 3.8) is 0 Å². The summed E-state index contributed by atoms with van der Waals surface area (Å²) in [5.74, 6) is -0.850. The maximum Gasteiger partial charge on any atom is 0.409 e. The quantitative estimate of drug-likeness (QED) is 0.317. The number of halogens is 1. The van der Waals surface area contributed by atoms with Gasteiger partial charge in [0, 0.05) is 26.5 Å². The summed E-state index contributed by atoms with van der Waals surface area (Å²) in [5, 5.41) is 17.5. The van der Waals surface area contributed by atoms with Crippen LogP contribution in [-0.2, 0) is 35.0 Å². The minimum Gasteiger partial charge on any atom is -0.495 e. The number of carbonyl (C=O) groups excluding carboxylic acids is 3. The summed E-state index contributed by atoms with van der Waals surface area (Å²) in [6.07, 6.45) is 2.84. The normalized spacial score (nSPS) is 35.9. The lowest BCUT2D eigenvalue weighted by Gasteiger charge is -2.42. The molecule has 0 radical (unpaired) electrons. The fourth-order valence-electron chi connectivity index (χ4n) is 6.53. The Labute approximate surface area is 274 Å². The summed E-state index contributed by atoms with van der Waals surface area (Å²) in [7, 11) is 6.28. The van der Waals surface area contributed by atoms with Crippen molar-refractivity contribution in [1.82, 2.24) is 10.6 Å². The molecule has 7 unspecified atom stereocenters. The lowest BCUT2D eigenvalue weighted by Crippen LogP contribution is -2.63. The Hall–Kier alpha value is -3.16. The second-order valence-electron chi connectivity index (χ2n) is 13.0. The Morgan fingerprint density at radius 2 is 1.96 bits per heavy atom. The van der Waals surface area contributed by atoms with E-state index in [0.29, 0.717) is 30.7 Å². The molecule has 0 aromatic heterocycles. The third kappa shape index (κ3) is 6.50. The lowest BCUT2D eigenvalue weighted by molar-refractivity contribution is -0.157. The largest absolute Gasteiger partial charge is 0.495 e. The fourth-order valence-corrected chi connectivity index (χ4v) is 6.84. The van der Waals surface area contributed by atoms with Crippen LogP contribution in [0.2, 0.25) is 5.02 Å². The molecule has 13 heteroatoms. The molecule has 46 heavy (non-hydrogen) atoms. The number of likely N-dealkylation sites (N-methyl/N-ethyl adjacent to an activating group) is 1. The SMILES string of the molecule is CNC1(C(=O)OC2CC(=O)N(C)c3cc(cc(OC)c3Cl)C/C(C)=C/C=C/C(OC)C3(O)CC(OC(=O)N3)C(C)C3OC23C)CC1. The minimum atomic E-state index is -1.77. The molecule has 2 amide bonds. The monoisotopic (exact) mass is 661 g/mol. The summed E-state index contributed by atoms with van der Waals surface area (Å²) in [6, 6.07) is 3.64. The van der Waals surface area contributed by atoms with E-state index in [2.05, 4.69) is 10.6 Å². The topological polar surface area (TPSA) is 148 Å². The molecule has 3 fully saturated rings. The van der Waals surface area contributed by atoms with E-state index in [1.54, 1.807) is 33.2 Å². The van der Waals surface area contributed by atoms with Gasteiger partial charge in [-0.2, -0.15) is 0 Å². The number of anilines is 1. The highest BCUT2D eigenvalue weighted by Crippen LogP contribution is 2.50. The predicted octanol–water partition coefficient (Wildman–Crippen LogP) is 3.42. The van der Waals surface area contributed by atoms with Crippen molar-refractivity contribution in [2.45, 2.75) is 94.2 Å². The zero-order chi connectivity index (χ0) is 33.6. The number of rotatable bonds is 5. The molecule has 1 aliphatic carbocycles. The molecule has 1 aromatic carbocycles. The molecule has 1 aromatic rings. The molecule has 0 spiro atoms. The van der Waals surface area contributed by atoms with Crippen LogP contribution >= 0.6 is 11.6 Å². The van der Waals surface area contributed by atoms with Crippen molar-refractivity contribution in [3.05, 3.63) is 46.5 Å². The van der Waals surface area contributed by atoms with Gasteiger partial charge in [-0.15, -0.1) is 0 Å². The molecular formula is C33H44ClN3O9. The number of hydrogen-bond acceptors (Lipinski definition) is 10. The van der Waals surface area contributed by atoms with Gasteiger partial charge >= 0.3 is 12.1 Å². The standard InChI is InChI=1S/C33H44ClN3O9/c1-18-9-8-10-24(43-7)33(41)17-23(44-30(40)36-33)19(2)28-31(3,46-28)25(45-29(39)32(35-4)11-12-32)16-26(38)37(5)21-14-20(13-18)15-22(42-6)27(21)34/h8-10,14-15,19,23-25,28,35,41H,11-13,16-17H2,1-7H3,(H,36,40)/b10-8+,18-9+. The average Bonchev–Trinajstić information content (AvgIpc) is 3.94. The van der Waals surface area contributed by atoms with Crippen LogP contribution in [0.1, 0.15) is 52.0 Å². The Morgan fingerprint density at radius 1 is 1.24 bits per heavy atom. The first-order valence-electron chi connectivity index (χ1n) is 15.5. The van der Waals surface area contributed by atoms with E-state index in [4.69, 9.17) is 35.3 Å². The lowest BCUT2D eigenvalue weighted by atomic mass is 9.83. The van der Waals surface area contributed by atoms with Gasteiger partial charge in [-0.3, -0.25) is 14.9 Å². The third-order valence-corrected chi connectivity index (χ3v) is 10.2. The van der Waals surface area contributed by atoms with Crippen LogP contribution in [0.5, 0.6) is 5.75 Å². The number of hydrogen-bond donors (Lipinski definition) is 3. The van der Waals surface area contributed by atoms with Gasteiger partial charge in [0.2, 0.25) is 5.91 Å². The fraction of sp³-hybridized carbons (Fsp3) is 0.606. The zero-order valence-corrected chi connectivity index (χ0v) is 28.1. The van der Waals surface area contributed by atoms with Gasteiger partial charge in [0.25, 0.3) is 0 Å². The van der Waals surface area contributed by atoms with Crippen molar-refractivity contribution >= 4 is 35.3 Å². The van der Waals surface area contributed by atoms with E-state index < -0.39 is 59.3 Å². The van der Waals surface area contributed by atoms with E-state index in [9.17, 15) is 19.5 Å². The summed E-state index contributed by atoms with van der Waals surface area (Å²) in [5.41, 5.74) is -1.41. The number of nitrogens with zero attached hydrogens (tertiary/aromatic N) is 1. The smallest absolute Gasteiger partial charge is 0.409 e. The highest BCUT2D eigenvalue weighted by Gasteiger charge is 2.65. The van der Waals surface area contributed by atoms with E-state index in [-0.39, 0.29) is 23.8 Å². The molecule has 252 valence electrons. The van der Waals surface area contributed by atoms with Crippen molar-refractivity contribution < 1.29 is 43.2 Å². The van der Waals surface area contributed by atoms with Crippen molar-refractivity contribution in [3.8, 4) is 5.75 Å². The number of methoxy groups -OCH3 is 2. The van der Waals surface area contributed by atoms with E-state index in [1.165, 1.54) is 19.1 Å². The summed E-state index contributed by atoms with van der Waals surface area (Å²) < 4.78 is 29.1. The van der Waals surface area contributed by atoms with Crippen LogP contribution in [0.4, 0.5) is 10.5 Å². The minimum absolute atomic E-state index is 0.000503. The van der Waals surface area contributed by atoms with Crippen LogP contribution < -0.4 is 20.3 Å². The van der Waals surface area contributed by atoms with Crippen LogP contribution in [0.3, 0.4) is 0 Å². The van der Waals surface area contributed by atoms with Gasteiger partial charge in [-0.25, -0.2) is 4.79 Å². The van der Waals surface area contributed by atoms with Crippen LogP contribution in [0, 0.1) is 5.92 Å². The molecule has 3 N–H and O–H groups in total. The third-order valence-electron chi connectivity index (χ3n) is 9.82. The number of esters is 1. The van der Waals surface area contributed by atoms with Crippen molar-refractivity contribution in [2.24, 2.45) is 5.92 Å². The van der Waals surface area contributed by atoms with E-state index >= 15 is 0 Å². The molecular weight excluding hydrogens is 618 g/mol. The van der Waals surface area contributed by atoms with Crippen LogP contribution in [0.25, 0.3) is 0 Å². The van der Waals surface area contributed by atoms with Crippen LogP contribution in [0.15, 0.2) is 35.9 Å². The van der Waals surface area contributed by atoms with Gasteiger partial charge in [-0.05, 0) is 57.9 Å². The average molecular weight is 662 g/mol. The molecule has 4 bridgehead atoms. The van der Waals surface area contributed by atoms with Crippen molar-refractivity contribution in [1.29, 1.82) is 0 Å².